The molecule has 0 aliphatic carbocycles. The minimum atomic E-state index is -0.677. The van der Waals surface area contributed by atoms with Gasteiger partial charge in [0.25, 0.3) is 0 Å². The van der Waals surface area contributed by atoms with Gasteiger partial charge in [-0.15, -0.1) is 0 Å². The first-order chi connectivity index (χ1) is 7.06. The van der Waals surface area contributed by atoms with Gasteiger partial charge in [0.05, 0.1) is 5.56 Å². The molecule has 15 heavy (non-hydrogen) atoms. The molecule has 0 aromatic heterocycles. The molecule has 0 aliphatic rings. The monoisotopic (exact) mass is 210 g/mol. The summed E-state index contributed by atoms with van der Waals surface area (Å²) < 4.78 is 18.1. The molecule has 0 radical (unpaired) electrons. The van der Waals surface area contributed by atoms with Gasteiger partial charge in [0.1, 0.15) is 11.6 Å². The highest BCUT2D eigenvalue weighted by Gasteiger charge is 2.15. The van der Waals surface area contributed by atoms with Crippen LogP contribution in [-0.4, -0.2) is 11.8 Å². The summed E-state index contributed by atoms with van der Waals surface area (Å²) in [6.45, 7) is 2.84. The van der Waals surface area contributed by atoms with Gasteiger partial charge >= 0.3 is 5.97 Å². The first kappa shape index (κ1) is 11.4. The molecular formula is C11H11FO3. The van der Waals surface area contributed by atoms with E-state index in [-0.39, 0.29) is 17.7 Å². The zero-order valence-electron chi connectivity index (χ0n) is 8.54. The van der Waals surface area contributed by atoms with Crippen molar-refractivity contribution in [2.75, 3.05) is 0 Å². The molecule has 0 bridgehead atoms. The number of esters is 1. The normalized spacial score (nSPS) is 9.80. The number of rotatable bonds is 3. The van der Waals surface area contributed by atoms with E-state index in [4.69, 9.17) is 4.74 Å². The second-order valence-corrected chi connectivity index (χ2v) is 3.00. The minimum Gasteiger partial charge on any atom is -0.426 e. The third-order valence-corrected chi connectivity index (χ3v) is 1.84. The Balaban J connectivity index is 3.11. The summed E-state index contributed by atoms with van der Waals surface area (Å²) in [5.41, 5.74) is -0.181. The number of carbonyl (C=O) groups is 2. The molecule has 0 saturated carbocycles. The van der Waals surface area contributed by atoms with Crippen LogP contribution in [0.5, 0.6) is 5.75 Å². The third-order valence-electron chi connectivity index (χ3n) is 1.84. The molecule has 1 aromatic carbocycles. The Labute approximate surface area is 86.9 Å². The number of halogens is 1. The summed E-state index contributed by atoms with van der Waals surface area (Å²) in [5, 5.41) is 0. The van der Waals surface area contributed by atoms with Gasteiger partial charge in [-0.25, -0.2) is 4.39 Å². The molecule has 80 valence electrons. The second kappa shape index (κ2) is 4.68. The Morgan fingerprint density at radius 1 is 1.40 bits per heavy atom. The number of carbonyl (C=O) groups excluding carboxylic acids is 2. The van der Waals surface area contributed by atoms with Crippen molar-refractivity contribution in [3.63, 3.8) is 0 Å². The van der Waals surface area contributed by atoms with Crippen LogP contribution in [0.3, 0.4) is 0 Å². The van der Waals surface area contributed by atoms with E-state index >= 15 is 0 Å². The van der Waals surface area contributed by atoms with Crippen LogP contribution >= 0.6 is 0 Å². The number of Topliss-reactive ketones (excluding diaryl/α,β-unsaturated/α-hetero) is 1. The molecule has 0 unspecified atom stereocenters. The highest BCUT2D eigenvalue weighted by Crippen LogP contribution is 2.22. The van der Waals surface area contributed by atoms with Crippen LogP contribution in [0.1, 0.15) is 30.6 Å². The Bertz CT molecular complexity index is 399. The SMILES string of the molecule is CCC(=O)Oc1cccc(F)c1C(C)=O. The quantitative estimate of drug-likeness (QED) is 0.437. The molecule has 0 atom stereocenters. The van der Waals surface area contributed by atoms with E-state index in [9.17, 15) is 14.0 Å². The van der Waals surface area contributed by atoms with Crippen LogP contribution in [0.15, 0.2) is 18.2 Å². The standard InChI is InChI=1S/C11H11FO3/c1-3-10(14)15-9-6-4-5-8(12)11(9)7(2)13/h4-6H,3H2,1-2H3. The summed E-state index contributed by atoms with van der Waals surface area (Å²) in [5.74, 6) is -1.66. The van der Waals surface area contributed by atoms with E-state index in [0.29, 0.717) is 0 Å². The van der Waals surface area contributed by atoms with Gasteiger partial charge in [0.15, 0.2) is 5.78 Å². The average Bonchev–Trinajstić information content (AvgIpc) is 2.17. The minimum absolute atomic E-state index is 0.0191. The molecule has 1 aromatic rings. The van der Waals surface area contributed by atoms with Gasteiger partial charge in [-0.2, -0.15) is 0 Å². The summed E-state index contributed by atoms with van der Waals surface area (Å²) >= 11 is 0. The third kappa shape index (κ3) is 2.62. The topological polar surface area (TPSA) is 43.4 Å². The maximum atomic E-state index is 13.2. The van der Waals surface area contributed by atoms with Crippen molar-refractivity contribution in [2.45, 2.75) is 20.3 Å². The van der Waals surface area contributed by atoms with Crippen LogP contribution in [0.2, 0.25) is 0 Å². The molecule has 0 saturated heterocycles. The molecule has 0 fully saturated rings. The highest BCUT2D eigenvalue weighted by atomic mass is 19.1. The molecule has 4 heteroatoms. The van der Waals surface area contributed by atoms with Crippen molar-refractivity contribution in [1.29, 1.82) is 0 Å². The van der Waals surface area contributed by atoms with Crippen molar-refractivity contribution in [1.82, 2.24) is 0 Å². The van der Waals surface area contributed by atoms with Crippen LogP contribution in [0.4, 0.5) is 4.39 Å². The lowest BCUT2D eigenvalue weighted by molar-refractivity contribution is -0.134. The van der Waals surface area contributed by atoms with Crippen LogP contribution in [0.25, 0.3) is 0 Å². The first-order valence-corrected chi connectivity index (χ1v) is 4.56. The molecule has 0 aliphatic heterocycles. The maximum absolute atomic E-state index is 13.2. The Kier molecular flexibility index (Phi) is 3.55. The molecule has 0 spiro atoms. The van der Waals surface area contributed by atoms with E-state index in [1.54, 1.807) is 6.92 Å². The number of hydrogen-bond donors (Lipinski definition) is 0. The molecule has 0 amide bonds. The van der Waals surface area contributed by atoms with Crippen molar-refractivity contribution < 1.29 is 18.7 Å². The van der Waals surface area contributed by atoms with E-state index in [1.807, 2.05) is 0 Å². The highest BCUT2D eigenvalue weighted by molar-refractivity contribution is 5.97. The fraction of sp³-hybridized carbons (Fsp3) is 0.273. The van der Waals surface area contributed by atoms with Crippen molar-refractivity contribution in [3.8, 4) is 5.75 Å². The average molecular weight is 210 g/mol. The van der Waals surface area contributed by atoms with Gasteiger partial charge in [-0.3, -0.25) is 9.59 Å². The van der Waals surface area contributed by atoms with Gasteiger partial charge in [0, 0.05) is 6.42 Å². The molecule has 0 heterocycles. The number of hydrogen-bond acceptors (Lipinski definition) is 3. The van der Waals surface area contributed by atoms with E-state index in [1.165, 1.54) is 19.1 Å². The number of ketones is 1. The molecule has 3 nitrogen and oxygen atoms in total. The first-order valence-electron chi connectivity index (χ1n) is 4.56. The number of ether oxygens (including phenoxy) is 1. The predicted molar refractivity (Wildman–Crippen MR) is 52.3 cm³/mol. The van der Waals surface area contributed by atoms with Crippen LogP contribution < -0.4 is 4.74 Å². The predicted octanol–water partition coefficient (Wildman–Crippen LogP) is 2.34. The van der Waals surface area contributed by atoms with Crippen molar-refractivity contribution in [2.24, 2.45) is 0 Å². The Morgan fingerprint density at radius 3 is 2.60 bits per heavy atom. The lowest BCUT2D eigenvalue weighted by Crippen LogP contribution is -2.10. The van der Waals surface area contributed by atoms with E-state index in [2.05, 4.69) is 0 Å². The van der Waals surface area contributed by atoms with Crippen LogP contribution in [-0.2, 0) is 4.79 Å². The zero-order valence-corrected chi connectivity index (χ0v) is 8.54. The van der Waals surface area contributed by atoms with Gasteiger partial charge < -0.3 is 4.74 Å². The van der Waals surface area contributed by atoms with E-state index < -0.39 is 17.6 Å². The molecule has 0 N–H and O–H groups in total. The smallest absolute Gasteiger partial charge is 0.310 e. The van der Waals surface area contributed by atoms with Crippen molar-refractivity contribution in [3.05, 3.63) is 29.6 Å². The summed E-state index contributed by atoms with van der Waals surface area (Å²) in [4.78, 5) is 22.1. The largest absolute Gasteiger partial charge is 0.426 e. The zero-order chi connectivity index (χ0) is 11.4. The second-order valence-electron chi connectivity index (χ2n) is 3.00. The van der Waals surface area contributed by atoms with Crippen molar-refractivity contribution >= 4 is 11.8 Å². The fourth-order valence-electron chi connectivity index (χ4n) is 1.13. The van der Waals surface area contributed by atoms with Gasteiger partial charge in [-0.05, 0) is 19.1 Å². The fourth-order valence-corrected chi connectivity index (χ4v) is 1.13. The Hall–Kier alpha value is -1.71. The molecular weight excluding hydrogens is 199 g/mol. The summed E-state index contributed by atoms with van der Waals surface area (Å²) in [7, 11) is 0. The van der Waals surface area contributed by atoms with Crippen LogP contribution in [0, 0.1) is 5.82 Å². The Morgan fingerprint density at radius 2 is 2.07 bits per heavy atom. The lowest BCUT2D eigenvalue weighted by atomic mass is 10.1. The lowest BCUT2D eigenvalue weighted by Gasteiger charge is -2.07. The molecule has 1 rings (SSSR count). The van der Waals surface area contributed by atoms with E-state index in [0.717, 1.165) is 6.07 Å². The van der Waals surface area contributed by atoms with Gasteiger partial charge in [-0.1, -0.05) is 13.0 Å². The summed E-state index contributed by atoms with van der Waals surface area (Å²) in [6.07, 6.45) is 0.174. The maximum Gasteiger partial charge on any atom is 0.310 e. The number of benzene rings is 1. The summed E-state index contributed by atoms with van der Waals surface area (Å²) in [6, 6.07) is 3.94. The van der Waals surface area contributed by atoms with Gasteiger partial charge in [0.2, 0.25) is 0 Å².